The Hall–Kier alpha value is -3.34. The summed E-state index contributed by atoms with van der Waals surface area (Å²) in [5.41, 5.74) is -0.538. The van der Waals surface area contributed by atoms with Gasteiger partial charge >= 0.3 is 12.1 Å². The number of methoxy groups -OCH3 is 1. The van der Waals surface area contributed by atoms with Gasteiger partial charge in [0.25, 0.3) is 0 Å². The quantitative estimate of drug-likeness (QED) is 0.197. The molecule has 11 nitrogen and oxygen atoms in total. The average Bonchev–Trinajstić information content (AvgIpc) is 2.85. The van der Waals surface area contributed by atoms with E-state index in [2.05, 4.69) is 22.3 Å². The summed E-state index contributed by atoms with van der Waals surface area (Å²) in [7, 11) is 1.18. The number of amides is 3. The molecule has 0 heterocycles. The molecule has 38 heavy (non-hydrogen) atoms. The highest BCUT2D eigenvalue weighted by molar-refractivity contribution is 5.93. The number of aliphatic hydroxyl groups is 1. The van der Waals surface area contributed by atoms with Crippen molar-refractivity contribution in [1.29, 1.82) is 0 Å². The normalized spacial score (nSPS) is 12.7. The summed E-state index contributed by atoms with van der Waals surface area (Å²) in [5, 5.41) is 24.9. The second kappa shape index (κ2) is 16.5. The van der Waals surface area contributed by atoms with Gasteiger partial charge in [0.05, 0.1) is 13.7 Å². The molecular formula is C27H43N3O8. The first kappa shape index (κ1) is 32.7. The summed E-state index contributed by atoms with van der Waals surface area (Å²) in [5.74, 6) is -2.20. The first-order chi connectivity index (χ1) is 17.9. The number of esters is 1. The zero-order valence-electron chi connectivity index (χ0n) is 23.1. The van der Waals surface area contributed by atoms with Crippen molar-refractivity contribution < 1.29 is 38.9 Å². The maximum atomic E-state index is 13.7. The van der Waals surface area contributed by atoms with Crippen molar-refractivity contribution in [3.63, 3.8) is 0 Å². The van der Waals surface area contributed by atoms with E-state index in [1.165, 1.54) is 30.2 Å². The number of hydrogen-bond donors (Lipinski definition) is 4. The van der Waals surface area contributed by atoms with E-state index in [0.717, 1.165) is 32.1 Å². The Morgan fingerprint density at radius 2 is 1.71 bits per heavy atom. The Bertz CT molecular complexity index is 916. The largest absolute Gasteiger partial charge is 0.508 e. The lowest BCUT2D eigenvalue weighted by atomic mass is 10.0. The van der Waals surface area contributed by atoms with E-state index in [1.807, 2.05) is 0 Å². The second-order valence-corrected chi connectivity index (χ2v) is 9.97. The number of benzene rings is 1. The van der Waals surface area contributed by atoms with E-state index in [9.17, 15) is 29.4 Å². The number of carbonyl (C=O) groups is 4. The minimum atomic E-state index is -1.39. The first-order valence-electron chi connectivity index (χ1n) is 13.0. The van der Waals surface area contributed by atoms with E-state index in [1.54, 1.807) is 26.8 Å². The van der Waals surface area contributed by atoms with E-state index in [-0.39, 0.29) is 12.3 Å². The van der Waals surface area contributed by atoms with Crippen LogP contribution in [0.5, 0.6) is 5.75 Å². The molecule has 0 spiro atoms. The molecule has 0 aromatic heterocycles. The van der Waals surface area contributed by atoms with Crippen LogP contribution >= 0.6 is 0 Å². The summed E-state index contributed by atoms with van der Waals surface area (Å²) in [6.45, 7) is 6.07. The van der Waals surface area contributed by atoms with Gasteiger partial charge in [0.15, 0.2) is 0 Å². The van der Waals surface area contributed by atoms with Gasteiger partial charge in [0, 0.05) is 6.54 Å². The first-order valence-corrected chi connectivity index (χ1v) is 13.0. The molecule has 4 N–H and O–H groups in total. The number of rotatable bonds is 15. The molecule has 214 valence electrons. The molecule has 1 rings (SSSR count). The van der Waals surface area contributed by atoms with E-state index in [4.69, 9.17) is 4.74 Å². The molecule has 3 amide bonds. The number of aliphatic hydroxyl groups excluding tert-OH is 1. The number of nitrogens with one attached hydrogen (secondary N) is 2. The molecule has 0 saturated heterocycles. The fourth-order valence-corrected chi connectivity index (χ4v) is 3.76. The average molecular weight is 538 g/mol. The highest BCUT2D eigenvalue weighted by Crippen LogP contribution is 2.26. The molecule has 2 atom stereocenters. The molecule has 1 aromatic rings. The van der Waals surface area contributed by atoms with Crippen LogP contribution in [0, 0.1) is 0 Å². The summed E-state index contributed by atoms with van der Waals surface area (Å²) < 4.78 is 9.82. The molecule has 11 heteroatoms. The van der Waals surface area contributed by atoms with Gasteiger partial charge in [-0.2, -0.15) is 0 Å². The Balaban J connectivity index is 3.33. The molecule has 0 radical (unpaired) electrons. The number of phenolic OH excluding ortho intramolecular Hbond substituents is 1. The van der Waals surface area contributed by atoms with Crippen molar-refractivity contribution in [3.8, 4) is 5.75 Å². The van der Waals surface area contributed by atoms with E-state index >= 15 is 0 Å². The van der Waals surface area contributed by atoms with Gasteiger partial charge < -0.3 is 35.2 Å². The van der Waals surface area contributed by atoms with Crippen molar-refractivity contribution in [2.75, 3.05) is 26.8 Å². The molecule has 2 unspecified atom stereocenters. The van der Waals surface area contributed by atoms with Gasteiger partial charge in [-0.3, -0.25) is 14.4 Å². The van der Waals surface area contributed by atoms with Crippen molar-refractivity contribution in [1.82, 2.24) is 15.5 Å². The summed E-state index contributed by atoms with van der Waals surface area (Å²) in [4.78, 5) is 52.3. The van der Waals surface area contributed by atoms with Crippen molar-refractivity contribution in [3.05, 3.63) is 29.8 Å². The Morgan fingerprint density at radius 1 is 1.05 bits per heavy atom. The van der Waals surface area contributed by atoms with Gasteiger partial charge in [-0.1, -0.05) is 51.2 Å². The standard InChI is InChI=1S/C27H43N3O8/c1-6-7-8-9-10-11-15-30(25(35)21(18-31)29-26(36)38-27(2,3)4)23(19-13-12-14-20(32)16-19)24(34)28-17-22(33)37-5/h12-14,16,21,23,31-32H,6-11,15,17-18H2,1-5H3,(H,28,34)(H,29,36). The van der Waals surface area contributed by atoms with Gasteiger partial charge in [0.2, 0.25) is 11.8 Å². The van der Waals surface area contributed by atoms with Crippen LogP contribution in [0.15, 0.2) is 24.3 Å². The number of aromatic hydroxyl groups is 1. The highest BCUT2D eigenvalue weighted by Gasteiger charge is 2.36. The maximum absolute atomic E-state index is 13.7. The topological polar surface area (TPSA) is 154 Å². The summed E-state index contributed by atoms with van der Waals surface area (Å²) in [6, 6.07) is 3.22. The van der Waals surface area contributed by atoms with Crippen LogP contribution in [0.1, 0.15) is 77.8 Å². The Morgan fingerprint density at radius 3 is 2.29 bits per heavy atom. The third kappa shape index (κ3) is 11.8. The predicted octanol–water partition coefficient (Wildman–Crippen LogP) is 2.80. The van der Waals surface area contributed by atoms with Crippen LogP contribution in [0.2, 0.25) is 0 Å². The van der Waals surface area contributed by atoms with Crippen molar-refractivity contribution in [2.45, 2.75) is 83.9 Å². The minimum Gasteiger partial charge on any atom is -0.508 e. The van der Waals surface area contributed by atoms with Gasteiger partial charge in [0.1, 0.15) is 30.0 Å². The number of carbonyl (C=O) groups excluding carboxylic acids is 4. The number of unbranched alkanes of at least 4 members (excludes halogenated alkanes) is 5. The second-order valence-electron chi connectivity index (χ2n) is 9.97. The monoisotopic (exact) mass is 537 g/mol. The molecule has 0 aliphatic carbocycles. The van der Waals surface area contributed by atoms with Gasteiger partial charge in [-0.05, 0) is 44.9 Å². The number of phenols is 1. The molecule has 0 fully saturated rings. The number of ether oxygens (including phenoxy) is 2. The number of nitrogens with zero attached hydrogens (tertiary/aromatic N) is 1. The van der Waals surface area contributed by atoms with Crippen LogP contribution in [-0.4, -0.2) is 77.4 Å². The fourth-order valence-electron chi connectivity index (χ4n) is 3.76. The van der Waals surface area contributed by atoms with Gasteiger partial charge in [-0.25, -0.2) is 4.79 Å². The smallest absolute Gasteiger partial charge is 0.408 e. The van der Waals surface area contributed by atoms with Crippen LogP contribution in [-0.2, 0) is 23.9 Å². The Kier molecular flexibility index (Phi) is 14.2. The van der Waals surface area contributed by atoms with Crippen molar-refractivity contribution >= 4 is 23.9 Å². The lowest BCUT2D eigenvalue weighted by molar-refractivity contribution is -0.145. The molecule has 0 aliphatic rings. The summed E-state index contributed by atoms with van der Waals surface area (Å²) >= 11 is 0. The van der Waals surface area contributed by atoms with E-state index in [0.29, 0.717) is 12.0 Å². The maximum Gasteiger partial charge on any atom is 0.408 e. The minimum absolute atomic E-state index is 0.120. The van der Waals surface area contributed by atoms with Crippen molar-refractivity contribution in [2.24, 2.45) is 0 Å². The SMILES string of the molecule is CCCCCCCCN(C(=O)C(CO)NC(=O)OC(C)(C)C)C(C(=O)NCC(=O)OC)c1cccc(O)c1. The zero-order chi connectivity index (χ0) is 28.7. The Labute approximate surface area is 224 Å². The van der Waals surface area contributed by atoms with Gasteiger partial charge in [-0.15, -0.1) is 0 Å². The van der Waals surface area contributed by atoms with Crippen LogP contribution < -0.4 is 10.6 Å². The third-order valence-corrected chi connectivity index (χ3v) is 5.59. The van der Waals surface area contributed by atoms with Crippen LogP contribution in [0.3, 0.4) is 0 Å². The molecule has 0 bridgehead atoms. The molecule has 1 aromatic carbocycles. The molecular weight excluding hydrogens is 494 g/mol. The van der Waals surface area contributed by atoms with E-state index < -0.39 is 54.7 Å². The highest BCUT2D eigenvalue weighted by atomic mass is 16.6. The third-order valence-electron chi connectivity index (χ3n) is 5.59. The molecule has 0 aliphatic heterocycles. The van der Waals surface area contributed by atoms with Crippen LogP contribution in [0.4, 0.5) is 4.79 Å². The lowest BCUT2D eigenvalue weighted by Crippen LogP contribution is -2.54. The number of alkyl carbamates (subject to hydrolysis) is 1. The lowest BCUT2D eigenvalue weighted by Gasteiger charge is -2.34. The summed E-state index contributed by atoms with van der Waals surface area (Å²) in [6.07, 6.45) is 4.62. The number of hydrogen-bond acceptors (Lipinski definition) is 8. The fraction of sp³-hybridized carbons (Fsp3) is 0.630. The van der Waals surface area contributed by atoms with Crippen LogP contribution in [0.25, 0.3) is 0 Å². The molecule has 0 saturated carbocycles. The predicted molar refractivity (Wildman–Crippen MR) is 141 cm³/mol. The zero-order valence-corrected chi connectivity index (χ0v) is 23.1.